The standard InChI is InChI=1S/C16H15F3N2O2/c1-23-11-4-2-10(3-5-11)8-20-9-14(22)21-13-7-6-12(17)15(18)16(13)19/h2-7,20H,8-9H2,1H3,(H,21,22). The van der Waals surface area contributed by atoms with Crippen molar-refractivity contribution in [1.82, 2.24) is 5.32 Å². The molecular formula is C16H15F3N2O2. The van der Waals surface area contributed by atoms with Crippen LogP contribution in [0.2, 0.25) is 0 Å². The molecule has 0 bridgehead atoms. The van der Waals surface area contributed by atoms with Crippen LogP contribution in [-0.2, 0) is 11.3 Å². The maximum Gasteiger partial charge on any atom is 0.238 e. The lowest BCUT2D eigenvalue weighted by molar-refractivity contribution is -0.115. The molecule has 2 aromatic carbocycles. The van der Waals surface area contributed by atoms with Crippen molar-refractivity contribution < 1.29 is 22.7 Å². The van der Waals surface area contributed by atoms with Gasteiger partial charge in [-0.3, -0.25) is 4.79 Å². The Labute approximate surface area is 131 Å². The molecule has 0 heterocycles. The van der Waals surface area contributed by atoms with E-state index < -0.39 is 29.0 Å². The number of nitrogens with one attached hydrogen (secondary N) is 2. The van der Waals surface area contributed by atoms with Crippen LogP contribution in [0.15, 0.2) is 36.4 Å². The smallest absolute Gasteiger partial charge is 0.238 e. The number of amides is 1. The van der Waals surface area contributed by atoms with E-state index in [0.29, 0.717) is 6.54 Å². The van der Waals surface area contributed by atoms with Gasteiger partial charge in [0, 0.05) is 6.54 Å². The molecule has 0 aliphatic carbocycles. The number of rotatable bonds is 6. The second-order valence-corrected chi connectivity index (χ2v) is 4.72. The lowest BCUT2D eigenvalue weighted by atomic mass is 10.2. The Morgan fingerprint density at radius 1 is 1.04 bits per heavy atom. The first-order valence-corrected chi connectivity index (χ1v) is 6.78. The number of carbonyl (C=O) groups excluding carboxylic acids is 1. The van der Waals surface area contributed by atoms with Crippen molar-refractivity contribution in [2.24, 2.45) is 0 Å². The minimum absolute atomic E-state index is 0.107. The van der Waals surface area contributed by atoms with Crippen LogP contribution in [0.25, 0.3) is 0 Å². The highest BCUT2D eigenvalue weighted by Gasteiger charge is 2.14. The van der Waals surface area contributed by atoms with Gasteiger partial charge < -0.3 is 15.4 Å². The fourth-order valence-corrected chi connectivity index (χ4v) is 1.88. The van der Waals surface area contributed by atoms with E-state index in [2.05, 4.69) is 10.6 Å². The number of benzene rings is 2. The monoisotopic (exact) mass is 324 g/mol. The summed E-state index contributed by atoms with van der Waals surface area (Å²) in [5.74, 6) is -4.19. The third-order valence-corrected chi connectivity index (χ3v) is 3.08. The van der Waals surface area contributed by atoms with Gasteiger partial charge in [-0.25, -0.2) is 13.2 Å². The summed E-state index contributed by atoms with van der Waals surface area (Å²) in [6, 6.07) is 8.95. The van der Waals surface area contributed by atoms with Crippen molar-refractivity contribution in [3.05, 3.63) is 59.4 Å². The molecule has 23 heavy (non-hydrogen) atoms. The average Bonchev–Trinajstić information content (AvgIpc) is 2.56. The highest BCUT2D eigenvalue weighted by molar-refractivity contribution is 5.92. The molecule has 122 valence electrons. The van der Waals surface area contributed by atoms with Crippen molar-refractivity contribution in [2.45, 2.75) is 6.54 Å². The minimum atomic E-state index is -1.62. The van der Waals surface area contributed by atoms with Crippen LogP contribution in [0, 0.1) is 17.5 Å². The molecule has 7 heteroatoms. The average molecular weight is 324 g/mol. The molecule has 0 fully saturated rings. The second kappa shape index (κ2) is 7.64. The van der Waals surface area contributed by atoms with Gasteiger partial charge in [0.15, 0.2) is 17.5 Å². The van der Waals surface area contributed by atoms with E-state index in [9.17, 15) is 18.0 Å². The fraction of sp³-hybridized carbons (Fsp3) is 0.188. The number of anilines is 1. The van der Waals surface area contributed by atoms with Gasteiger partial charge in [-0.15, -0.1) is 0 Å². The molecule has 0 saturated carbocycles. The summed E-state index contributed by atoms with van der Waals surface area (Å²) in [6.07, 6.45) is 0. The largest absolute Gasteiger partial charge is 0.497 e. The number of carbonyl (C=O) groups is 1. The summed E-state index contributed by atoms with van der Waals surface area (Å²) >= 11 is 0. The van der Waals surface area contributed by atoms with E-state index in [4.69, 9.17) is 4.74 Å². The lowest BCUT2D eigenvalue weighted by Gasteiger charge is -2.09. The molecule has 2 rings (SSSR count). The number of halogens is 3. The lowest BCUT2D eigenvalue weighted by Crippen LogP contribution is -2.28. The van der Waals surface area contributed by atoms with Crippen LogP contribution in [0.3, 0.4) is 0 Å². The Hall–Kier alpha value is -2.54. The second-order valence-electron chi connectivity index (χ2n) is 4.72. The van der Waals surface area contributed by atoms with E-state index in [1.165, 1.54) is 0 Å². The zero-order valence-corrected chi connectivity index (χ0v) is 12.3. The van der Waals surface area contributed by atoms with Gasteiger partial charge in [0.1, 0.15) is 5.75 Å². The molecule has 0 atom stereocenters. The van der Waals surface area contributed by atoms with Crippen LogP contribution < -0.4 is 15.4 Å². The van der Waals surface area contributed by atoms with Gasteiger partial charge in [0.05, 0.1) is 19.3 Å². The Bertz CT molecular complexity index is 690. The molecule has 0 aliphatic rings. The first-order chi connectivity index (χ1) is 11.0. The minimum Gasteiger partial charge on any atom is -0.497 e. The summed E-state index contributed by atoms with van der Waals surface area (Å²) in [7, 11) is 1.56. The van der Waals surface area contributed by atoms with Crippen LogP contribution in [0.4, 0.5) is 18.9 Å². The Balaban J connectivity index is 1.84. The molecule has 2 aromatic rings. The van der Waals surface area contributed by atoms with Crippen molar-refractivity contribution in [3.8, 4) is 5.75 Å². The molecule has 4 nitrogen and oxygen atoms in total. The molecule has 0 radical (unpaired) electrons. The Morgan fingerprint density at radius 3 is 2.39 bits per heavy atom. The van der Waals surface area contributed by atoms with E-state index in [1.54, 1.807) is 19.2 Å². The number of hydrogen-bond donors (Lipinski definition) is 2. The molecule has 1 amide bonds. The maximum absolute atomic E-state index is 13.4. The van der Waals surface area contributed by atoms with Crippen LogP contribution in [0.1, 0.15) is 5.56 Å². The highest BCUT2D eigenvalue weighted by atomic mass is 19.2. The van der Waals surface area contributed by atoms with Gasteiger partial charge in [0.25, 0.3) is 0 Å². The molecule has 0 aliphatic heterocycles. The third kappa shape index (κ3) is 4.46. The molecule has 0 saturated heterocycles. The van der Waals surface area contributed by atoms with E-state index >= 15 is 0 Å². The van der Waals surface area contributed by atoms with Gasteiger partial charge in [-0.1, -0.05) is 12.1 Å². The molecular weight excluding hydrogens is 309 g/mol. The number of hydrogen-bond acceptors (Lipinski definition) is 3. The van der Waals surface area contributed by atoms with Crippen molar-refractivity contribution in [3.63, 3.8) is 0 Å². The van der Waals surface area contributed by atoms with Crippen molar-refractivity contribution in [2.75, 3.05) is 19.0 Å². The maximum atomic E-state index is 13.4. The first-order valence-electron chi connectivity index (χ1n) is 6.78. The Kier molecular flexibility index (Phi) is 5.59. The van der Waals surface area contributed by atoms with Gasteiger partial charge in [0.2, 0.25) is 5.91 Å². The van der Waals surface area contributed by atoms with E-state index in [-0.39, 0.29) is 6.54 Å². The fourth-order valence-electron chi connectivity index (χ4n) is 1.88. The van der Waals surface area contributed by atoms with Crippen LogP contribution in [-0.4, -0.2) is 19.6 Å². The third-order valence-electron chi connectivity index (χ3n) is 3.08. The van der Waals surface area contributed by atoms with E-state index in [0.717, 1.165) is 23.4 Å². The SMILES string of the molecule is COc1ccc(CNCC(=O)Nc2ccc(F)c(F)c2F)cc1. The first kappa shape index (κ1) is 16.8. The predicted octanol–water partition coefficient (Wildman–Crippen LogP) is 2.84. The zero-order valence-electron chi connectivity index (χ0n) is 12.3. The molecule has 2 N–H and O–H groups in total. The van der Waals surface area contributed by atoms with Crippen molar-refractivity contribution >= 4 is 11.6 Å². The zero-order chi connectivity index (χ0) is 16.8. The summed E-state index contributed by atoms with van der Waals surface area (Å²) in [5.41, 5.74) is 0.526. The molecule has 0 unspecified atom stereocenters. The normalized spacial score (nSPS) is 10.4. The summed E-state index contributed by atoms with van der Waals surface area (Å²) in [6.45, 7) is 0.308. The number of methoxy groups -OCH3 is 1. The van der Waals surface area contributed by atoms with Gasteiger partial charge >= 0.3 is 0 Å². The predicted molar refractivity (Wildman–Crippen MR) is 79.6 cm³/mol. The van der Waals surface area contributed by atoms with Gasteiger partial charge in [-0.05, 0) is 29.8 Å². The van der Waals surface area contributed by atoms with Gasteiger partial charge in [-0.2, -0.15) is 0 Å². The van der Waals surface area contributed by atoms with Crippen LogP contribution >= 0.6 is 0 Å². The van der Waals surface area contributed by atoms with Crippen LogP contribution in [0.5, 0.6) is 5.75 Å². The Morgan fingerprint density at radius 2 is 1.74 bits per heavy atom. The highest BCUT2D eigenvalue weighted by Crippen LogP contribution is 2.19. The summed E-state index contributed by atoms with van der Waals surface area (Å²) in [4.78, 5) is 11.7. The number of ether oxygens (including phenoxy) is 1. The molecule has 0 spiro atoms. The summed E-state index contributed by atoms with van der Waals surface area (Å²) < 4.78 is 44.3. The molecule has 0 aromatic heterocycles. The quantitative estimate of drug-likeness (QED) is 0.804. The van der Waals surface area contributed by atoms with E-state index in [1.807, 2.05) is 12.1 Å². The topological polar surface area (TPSA) is 50.4 Å². The summed E-state index contributed by atoms with van der Waals surface area (Å²) in [5, 5.41) is 5.04. The van der Waals surface area contributed by atoms with Crippen molar-refractivity contribution in [1.29, 1.82) is 0 Å².